The highest BCUT2D eigenvalue weighted by Crippen LogP contribution is 2.21. The fourth-order valence-electron chi connectivity index (χ4n) is 2.27. The minimum Gasteiger partial charge on any atom is -0.368 e. The Morgan fingerprint density at radius 3 is 2.44 bits per heavy atom. The quantitative estimate of drug-likeness (QED) is 0.656. The van der Waals surface area contributed by atoms with Gasteiger partial charge in [0.2, 0.25) is 0 Å². The van der Waals surface area contributed by atoms with E-state index < -0.39 is 0 Å². The van der Waals surface area contributed by atoms with Gasteiger partial charge in [0.1, 0.15) is 11.5 Å². The van der Waals surface area contributed by atoms with Crippen LogP contribution < -0.4 is 10.6 Å². The van der Waals surface area contributed by atoms with E-state index in [0.717, 1.165) is 17.4 Å². The molecule has 3 rings (SSSR count). The van der Waals surface area contributed by atoms with Crippen LogP contribution in [-0.2, 0) is 6.42 Å². The van der Waals surface area contributed by atoms with Crippen LogP contribution in [0.25, 0.3) is 0 Å². The molecule has 1 amide bonds. The van der Waals surface area contributed by atoms with Gasteiger partial charge in [0.05, 0.1) is 18.1 Å². The zero-order valence-electron chi connectivity index (χ0n) is 13.4. The van der Waals surface area contributed by atoms with E-state index in [-0.39, 0.29) is 11.6 Å². The predicted octanol–water partition coefficient (Wildman–Crippen LogP) is 4.15. The third-order valence-corrected chi connectivity index (χ3v) is 4.26. The van der Waals surface area contributed by atoms with Crippen LogP contribution in [0.2, 0.25) is 0 Å². The largest absolute Gasteiger partial charge is 0.368 e. The molecule has 0 fully saturated rings. The molecule has 0 bridgehead atoms. The van der Waals surface area contributed by atoms with E-state index in [2.05, 4.69) is 48.7 Å². The van der Waals surface area contributed by atoms with Gasteiger partial charge in [-0.3, -0.25) is 4.79 Å². The summed E-state index contributed by atoms with van der Waals surface area (Å²) in [4.78, 5) is 20.6. The first-order valence-electron chi connectivity index (χ1n) is 7.88. The molecule has 0 spiro atoms. The van der Waals surface area contributed by atoms with Crippen molar-refractivity contribution < 1.29 is 4.79 Å². The van der Waals surface area contributed by atoms with E-state index in [1.54, 1.807) is 6.20 Å². The lowest BCUT2D eigenvalue weighted by atomic mass is 10.1. The highest BCUT2D eigenvalue weighted by atomic mass is 79.9. The Bertz CT molecular complexity index is 838. The van der Waals surface area contributed by atoms with Crippen molar-refractivity contribution >= 4 is 33.3 Å². The van der Waals surface area contributed by atoms with Gasteiger partial charge in [0.15, 0.2) is 0 Å². The van der Waals surface area contributed by atoms with Gasteiger partial charge >= 0.3 is 0 Å². The zero-order chi connectivity index (χ0) is 17.5. The maximum Gasteiger partial charge on any atom is 0.275 e. The Hall–Kier alpha value is -2.73. The van der Waals surface area contributed by atoms with Gasteiger partial charge in [-0.05, 0) is 40.0 Å². The van der Waals surface area contributed by atoms with Crippen LogP contribution in [-0.4, -0.2) is 22.4 Å². The molecule has 0 aliphatic heterocycles. The molecule has 0 saturated heterocycles. The lowest BCUT2D eigenvalue weighted by molar-refractivity contribution is 0.102. The first-order chi connectivity index (χ1) is 12.2. The fourth-order valence-corrected chi connectivity index (χ4v) is 2.65. The highest BCUT2D eigenvalue weighted by molar-refractivity contribution is 9.10. The molecule has 3 aromatic rings. The number of carbonyl (C=O) groups excluding carboxylic acids is 1. The topological polar surface area (TPSA) is 66.9 Å². The SMILES string of the molecule is O=C(Nc1ccccc1Br)c1cnc(NCCc2ccccc2)cn1. The smallest absolute Gasteiger partial charge is 0.275 e. The Balaban J connectivity index is 1.54. The monoisotopic (exact) mass is 396 g/mol. The lowest BCUT2D eigenvalue weighted by Crippen LogP contribution is -2.15. The molecule has 1 heterocycles. The summed E-state index contributed by atoms with van der Waals surface area (Å²) in [7, 11) is 0. The van der Waals surface area contributed by atoms with Crippen molar-refractivity contribution in [3.05, 3.63) is 82.7 Å². The van der Waals surface area contributed by atoms with Gasteiger partial charge in [-0.15, -0.1) is 0 Å². The Kier molecular flexibility index (Phi) is 5.74. The molecule has 0 saturated carbocycles. The van der Waals surface area contributed by atoms with Crippen molar-refractivity contribution in [2.24, 2.45) is 0 Å². The van der Waals surface area contributed by atoms with Crippen LogP contribution >= 0.6 is 15.9 Å². The first-order valence-corrected chi connectivity index (χ1v) is 8.67. The van der Waals surface area contributed by atoms with Gasteiger partial charge in [0, 0.05) is 11.0 Å². The van der Waals surface area contributed by atoms with Crippen LogP contribution in [0.1, 0.15) is 16.1 Å². The van der Waals surface area contributed by atoms with Crippen LogP contribution in [0, 0.1) is 0 Å². The molecule has 2 N–H and O–H groups in total. The van der Waals surface area contributed by atoms with E-state index in [4.69, 9.17) is 0 Å². The predicted molar refractivity (Wildman–Crippen MR) is 103 cm³/mol. The normalized spacial score (nSPS) is 10.3. The number of hydrogen-bond donors (Lipinski definition) is 2. The Labute approximate surface area is 154 Å². The number of para-hydroxylation sites is 1. The highest BCUT2D eigenvalue weighted by Gasteiger charge is 2.10. The molecule has 5 nitrogen and oxygen atoms in total. The van der Waals surface area contributed by atoms with E-state index in [9.17, 15) is 4.79 Å². The second-order valence-electron chi connectivity index (χ2n) is 5.38. The van der Waals surface area contributed by atoms with Crippen molar-refractivity contribution in [3.8, 4) is 0 Å². The maximum absolute atomic E-state index is 12.2. The molecule has 2 aromatic carbocycles. The molecule has 25 heavy (non-hydrogen) atoms. The second kappa shape index (κ2) is 8.39. The summed E-state index contributed by atoms with van der Waals surface area (Å²) in [5.74, 6) is 0.351. The van der Waals surface area contributed by atoms with Gasteiger partial charge in [-0.1, -0.05) is 42.5 Å². The molecule has 0 unspecified atom stereocenters. The van der Waals surface area contributed by atoms with Crippen LogP contribution in [0.5, 0.6) is 0 Å². The molecule has 0 aliphatic carbocycles. The van der Waals surface area contributed by atoms with E-state index in [0.29, 0.717) is 11.5 Å². The minimum absolute atomic E-state index is 0.268. The van der Waals surface area contributed by atoms with Gasteiger partial charge in [-0.2, -0.15) is 0 Å². The van der Waals surface area contributed by atoms with Crippen LogP contribution in [0.15, 0.2) is 71.5 Å². The number of benzene rings is 2. The molecule has 1 aromatic heterocycles. The molecule has 0 radical (unpaired) electrons. The van der Waals surface area contributed by atoms with Crippen LogP contribution in [0.4, 0.5) is 11.5 Å². The van der Waals surface area contributed by atoms with Gasteiger partial charge < -0.3 is 10.6 Å². The van der Waals surface area contributed by atoms with Crippen molar-refractivity contribution in [2.75, 3.05) is 17.2 Å². The fraction of sp³-hybridized carbons (Fsp3) is 0.105. The summed E-state index contributed by atoms with van der Waals surface area (Å²) in [5, 5.41) is 6.01. The summed E-state index contributed by atoms with van der Waals surface area (Å²) in [5.41, 5.74) is 2.22. The third-order valence-electron chi connectivity index (χ3n) is 3.57. The number of nitrogens with zero attached hydrogens (tertiary/aromatic N) is 2. The van der Waals surface area contributed by atoms with Gasteiger partial charge in [-0.25, -0.2) is 9.97 Å². The molecule has 0 atom stereocenters. The Morgan fingerprint density at radius 1 is 0.960 bits per heavy atom. The molecule has 126 valence electrons. The van der Waals surface area contributed by atoms with Crippen molar-refractivity contribution in [2.45, 2.75) is 6.42 Å². The van der Waals surface area contributed by atoms with Crippen molar-refractivity contribution in [1.29, 1.82) is 0 Å². The number of hydrogen-bond acceptors (Lipinski definition) is 4. The van der Waals surface area contributed by atoms with Gasteiger partial charge in [0.25, 0.3) is 5.91 Å². The summed E-state index contributed by atoms with van der Waals surface area (Å²) in [6, 6.07) is 17.6. The molecule has 0 aliphatic rings. The summed E-state index contributed by atoms with van der Waals surface area (Å²) in [6.45, 7) is 0.751. The molecule has 6 heteroatoms. The molecular formula is C19H17BrN4O. The summed E-state index contributed by atoms with van der Waals surface area (Å²) >= 11 is 3.40. The van der Waals surface area contributed by atoms with E-state index >= 15 is 0 Å². The Morgan fingerprint density at radius 2 is 1.72 bits per heavy atom. The van der Waals surface area contributed by atoms with E-state index in [1.165, 1.54) is 11.8 Å². The van der Waals surface area contributed by atoms with Crippen molar-refractivity contribution in [3.63, 3.8) is 0 Å². The van der Waals surface area contributed by atoms with Crippen molar-refractivity contribution in [1.82, 2.24) is 9.97 Å². The van der Waals surface area contributed by atoms with Crippen LogP contribution in [0.3, 0.4) is 0 Å². The standard InChI is InChI=1S/C19H17BrN4O/c20-15-8-4-5-9-16(15)24-19(25)17-12-23-18(13-22-17)21-11-10-14-6-2-1-3-7-14/h1-9,12-13H,10-11H2,(H,21,23)(H,24,25). The average molecular weight is 397 g/mol. The summed E-state index contributed by atoms with van der Waals surface area (Å²) < 4.78 is 0.815. The third kappa shape index (κ3) is 4.87. The zero-order valence-corrected chi connectivity index (χ0v) is 15.0. The summed E-state index contributed by atoms with van der Waals surface area (Å²) in [6.07, 6.45) is 3.93. The number of halogens is 1. The number of rotatable bonds is 6. The molecular weight excluding hydrogens is 380 g/mol. The number of nitrogens with one attached hydrogen (secondary N) is 2. The van der Waals surface area contributed by atoms with E-state index in [1.807, 2.05) is 42.5 Å². The number of amides is 1. The number of carbonyl (C=O) groups is 1. The lowest BCUT2D eigenvalue weighted by Gasteiger charge is -2.08. The second-order valence-corrected chi connectivity index (χ2v) is 6.24. The maximum atomic E-state index is 12.2. The number of aromatic nitrogens is 2. The average Bonchev–Trinajstić information content (AvgIpc) is 2.65. The first kappa shape index (κ1) is 17.1. The number of anilines is 2. The minimum atomic E-state index is -0.296.